The summed E-state index contributed by atoms with van der Waals surface area (Å²) in [6.45, 7) is 1.13. The van der Waals surface area contributed by atoms with Crippen LogP contribution < -0.4 is 0 Å². The molecule has 1 aliphatic heterocycles. The summed E-state index contributed by atoms with van der Waals surface area (Å²) in [6.07, 6.45) is 2.88. The van der Waals surface area contributed by atoms with Gasteiger partial charge in [0.2, 0.25) is 6.29 Å². The van der Waals surface area contributed by atoms with Crippen molar-refractivity contribution in [3.63, 3.8) is 0 Å². The molecule has 4 rings (SSSR count). The molecular formula is C20H21FN4O2. The number of hydrogen-bond donors (Lipinski definition) is 1. The van der Waals surface area contributed by atoms with Crippen molar-refractivity contribution in [3.8, 4) is 22.5 Å². The average molecular weight is 368 g/mol. The summed E-state index contributed by atoms with van der Waals surface area (Å²) >= 11 is 0. The molecule has 0 atom stereocenters. The summed E-state index contributed by atoms with van der Waals surface area (Å²) in [5.74, 6) is 0.312. The van der Waals surface area contributed by atoms with Crippen molar-refractivity contribution in [1.29, 1.82) is 0 Å². The molecule has 140 valence electrons. The van der Waals surface area contributed by atoms with Gasteiger partial charge in [-0.3, -0.25) is 4.98 Å². The maximum atomic E-state index is 13.3. The van der Waals surface area contributed by atoms with E-state index in [9.17, 15) is 4.39 Å². The third-order valence-corrected chi connectivity index (χ3v) is 4.64. The number of rotatable bonds is 4. The number of nitrogens with zero attached hydrogens (tertiary/aromatic N) is 3. The molecule has 0 unspecified atom stereocenters. The second-order valence-electron chi connectivity index (χ2n) is 6.70. The van der Waals surface area contributed by atoms with Crippen LogP contribution in [0.4, 0.5) is 4.39 Å². The van der Waals surface area contributed by atoms with Gasteiger partial charge in [0.05, 0.1) is 30.6 Å². The highest BCUT2D eigenvalue weighted by molar-refractivity contribution is 5.78. The lowest BCUT2D eigenvalue weighted by molar-refractivity contribution is -0.209. The van der Waals surface area contributed by atoms with Gasteiger partial charge in [0.15, 0.2) is 5.82 Å². The van der Waals surface area contributed by atoms with Crippen molar-refractivity contribution in [1.82, 2.24) is 19.9 Å². The molecular weight excluding hydrogens is 347 g/mol. The second-order valence-corrected chi connectivity index (χ2v) is 6.70. The molecule has 3 aromatic rings. The molecule has 1 fully saturated rings. The number of H-pyrrole nitrogens is 1. The SMILES string of the molecule is CN(C)C1COC(c2nc(-c3ccc(F)cc3)c(-c3ccncc3)[nH]2)OC1. The van der Waals surface area contributed by atoms with Crippen molar-refractivity contribution in [3.05, 3.63) is 60.4 Å². The number of likely N-dealkylation sites (N-methyl/N-ethyl adjacent to an activating group) is 1. The molecule has 1 aromatic carbocycles. The first-order chi connectivity index (χ1) is 13.1. The van der Waals surface area contributed by atoms with Crippen LogP contribution in [-0.2, 0) is 9.47 Å². The molecule has 2 aromatic heterocycles. The van der Waals surface area contributed by atoms with E-state index >= 15 is 0 Å². The van der Waals surface area contributed by atoms with E-state index in [-0.39, 0.29) is 11.9 Å². The van der Waals surface area contributed by atoms with Gasteiger partial charge in [-0.2, -0.15) is 0 Å². The number of nitrogens with one attached hydrogen (secondary N) is 1. The molecule has 1 aliphatic rings. The highest BCUT2D eigenvalue weighted by Gasteiger charge is 2.28. The number of aromatic nitrogens is 3. The topological polar surface area (TPSA) is 63.3 Å². The Morgan fingerprint density at radius 2 is 1.67 bits per heavy atom. The molecule has 3 heterocycles. The van der Waals surface area contributed by atoms with Crippen LogP contribution in [0.3, 0.4) is 0 Å². The first-order valence-corrected chi connectivity index (χ1v) is 8.77. The predicted octanol–water partition coefficient (Wildman–Crippen LogP) is 3.25. The molecule has 0 amide bonds. The van der Waals surface area contributed by atoms with Gasteiger partial charge in [-0.25, -0.2) is 9.37 Å². The molecule has 27 heavy (non-hydrogen) atoms. The molecule has 1 saturated heterocycles. The minimum atomic E-state index is -0.559. The van der Waals surface area contributed by atoms with Crippen LogP contribution in [0.5, 0.6) is 0 Å². The Hall–Kier alpha value is -2.61. The summed E-state index contributed by atoms with van der Waals surface area (Å²) in [5, 5.41) is 0. The van der Waals surface area contributed by atoms with Crippen molar-refractivity contribution >= 4 is 0 Å². The first kappa shape index (κ1) is 17.8. The summed E-state index contributed by atoms with van der Waals surface area (Å²) in [5.41, 5.74) is 3.29. The predicted molar refractivity (Wildman–Crippen MR) is 99.3 cm³/mol. The van der Waals surface area contributed by atoms with Crippen LogP contribution in [0.1, 0.15) is 12.1 Å². The fourth-order valence-corrected chi connectivity index (χ4v) is 3.00. The number of pyridine rings is 1. The normalized spacial score (nSPS) is 20.1. The van der Waals surface area contributed by atoms with Crippen LogP contribution in [0.15, 0.2) is 48.8 Å². The Kier molecular flexibility index (Phi) is 4.98. The average Bonchev–Trinajstić information content (AvgIpc) is 3.15. The maximum Gasteiger partial charge on any atom is 0.217 e. The number of aromatic amines is 1. The van der Waals surface area contributed by atoms with Gasteiger partial charge in [-0.1, -0.05) is 0 Å². The zero-order chi connectivity index (χ0) is 18.8. The third-order valence-electron chi connectivity index (χ3n) is 4.64. The monoisotopic (exact) mass is 368 g/mol. The zero-order valence-electron chi connectivity index (χ0n) is 15.2. The van der Waals surface area contributed by atoms with E-state index in [2.05, 4.69) is 14.9 Å². The van der Waals surface area contributed by atoms with Crippen molar-refractivity contribution in [2.24, 2.45) is 0 Å². The van der Waals surface area contributed by atoms with Crippen LogP contribution in [0, 0.1) is 5.82 Å². The Bertz CT molecular complexity index is 888. The van der Waals surface area contributed by atoms with Crippen molar-refractivity contribution in [2.75, 3.05) is 27.3 Å². The van der Waals surface area contributed by atoms with Gasteiger partial charge < -0.3 is 19.4 Å². The lowest BCUT2D eigenvalue weighted by Gasteiger charge is -2.32. The Balaban J connectivity index is 1.69. The van der Waals surface area contributed by atoms with E-state index in [1.165, 1.54) is 12.1 Å². The smallest absolute Gasteiger partial charge is 0.217 e. The fourth-order valence-electron chi connectivity index (χ4n) is 3.00. The van der Waals surface area contributed by atoms with Crippen LogP contribution >= 0.6 is 0 Å². The highest BCUT2D eigenvalue weighted by atomic mass is 19.1. The summed E-state index contributed by atoms with van der Waals surface area (Å²) < 4.78 is 25.1. The number of benzene rings is 1. The Morgan fingerprint density at radius 3 is 2.30 bits per heavy atom. The Labute approximate surface area is 157 Å². The van der Waals surface area contributed by atoms with E-state index in [1.54, 1.807) is 24.5 Å². The van der Waals surface area contributed by atoms with Gasteiger partial charge >= 0.3 is 0 Å². The van der Waals surface area contributed by atoms with Crippen LogP contribution in [-0.4, -0.2) is 53.2 Å². The summed E-state index contributed by atoms with van der Waals surface area (Å²) in [4.78, 5) is 14.2. The van der Waals surface area contributed by atoms with Gasteiger partial charge in [0.25, 0.3) is 0 Å². The van der Waals surface area contributed by atoms with E-state index < -0.39 is 6.29 Å². The van der Waals surface area contributed by atoms with E-state index in [4.69, 9.17) is 14.5 Å². The Morgan fingerprint density at radius 1 is 1.00 bits per heavy atom. The number of halogens is 1. The highest BCUT2D eigenvalue weighted by Crippen LogP contribution is 2.33. The quantitative estimate of drug-likeness (QED) is 0.766. The number of hydrogen-bond acceptors (Lipinski definition) is 5. The van der Waals surface area contributed by atoms with E-state index in [0.29, 0.717) is 19.0 Å². The molecule has 0 bridgehead atoms. The summed E-state index contributed by atoms with van der Waals surface area (Å²) in [6, 6.07) is 10.3. The van der Waals surface area contributed by atoms with Crippen molar-refractivity contribution in [2.45, 2.75) is 12.3 Å². The maximum absolute atomic E-state index is 13.3. The van der Waals surface area contributed by atoms with E-state index in [0.717, 1.165) is 22.5 Å². The number of imidazole rings is 1. The standard InChI is InChI=1S/C20H21FN4O2/c1-25(2)16-11-26-20(27-12-16)19-23-17(13-3-5-15(21)6-4-13)18(24-19)14-7-9-22-10-8-14/h3-10,16,20H,11-12H2,1-2H3,(H,23,24). The minimum absolute atomic E-state index is 0.215. The molecule has 0 saturated carbocycles. The molecule has 0 aliphatic carbocycles. The molecule has 0 spiro atoms. The van der Waals surface area contributed by atoms with Gasteiger partial charge in [0, 0.05) is 23.5 Å². The van der Waals surface area contributed by atoms with Crippen LogP contribution in [0.2, 0.25) is 0 Å². The van der Waals surface area contributed by atoms with E-state index in [1.807, 2.05) is 26.2 Å². The first-order valence-electron chi connectivity index (χ1n) is 8.77. The third kappa shape index (κ3) is 3.75. The molecule has 0 radical (unpaired) electrons. The molecule has 6 nitrogen and oxygen atoms in total. The van der Waals surface area contributed by atoms with Gasteiger partial charge in [0.1, 0.15) is 5.82 Å². The van der Waals surface area contributed by atoms with Crippen molar-refractivity contribution < 1.29 is 13.9 Å². The second kappa shape index (κ2) is 7.56. The number of ether oxygens (including phenoxy) is 2. The lowest BCUT2D eigenvalue weighted by Crippen LogP contribution is -2.41. The minimum Gasteiger partial charge on any atom is -0.344 e. The van der Waals surface area contributed by atoms with Crippen LogP contribution in [0.25, 0.3) is 22.5 Å². The lowest BCUT2D eigenvalue weighted by atomic mass is 10.1. The fraction of sp³-hybridized carbons (Fsp3) is 0.300. The largest absolute Gasteiger partial charge is 0.344 e. The molecule has 1 N–H and O–H groups in total. The zero-order valence-corrected chi connectivity index (χ0v) is 15.2. The van der Waals surface area contributed by atoms with Gasteiger partial charge in [-0.15, -0.1) is 0 Å². The summed E-state index contributed by atoms with van der Waals surface area (Å²) in [7, 11) is 4.00. The molecule has 7 heteroatoms. The van der Waals surface area contributed by atoms with Gasteiger partial charge in [-0.05, 0) is 50.5 Å².